The van der Waals surface area contributed by atoms with Crippen LogP contribution in [-0.4, -0.2) is 81.1 Å². The van der Waals surface area contributed by atoms with Crippen molar-refractivity contribution in [3.63, 3.8) is 0 Å². The van der Waals surface area contributed by atoms with Crippen LogP contribution in [0, 0.1) is 6.57 Å². The first-order valence-electron chi connectivity index (χ1n) is 15.9. The second-order valence-electron chi connectivity index (χ2n) is 13.4. The summed E-state index contributed by atoms with van der Waals surface area (Å²) >= 11 is 0. The molecule has 1 saturated heterocycles. The predicted octanol–water partition coefficient (Wildman–Crippen LogP) is 6.11. The molecule has 0 aliphatic carbocycles. The number of benzene rings is 2. The summed E-state index contributed by atoms with van der Waals surface area (Å²) in [5, 5.41) is 2.60. The average Bonchev–Trinajstić information content (AvgIpc) is 3.03. The summed E-state index contributed by atoms with van der Waals surface area (Å²) in [5.41, 5.74) is 3.26. The van der Waals surface area contributed by atoms with Crippen LogP contribution in [0.3, 0.4) is 0 Å². The molecule has 0 spiro atoms. The predicted molar refractivity (Wildman–Crippen MR) is 183 cm³/mol. The Hall–Kier alpha value is -3.94. The van der Waals surface area contributed by atoms with Crippen LogP contribution < -0.4 is 14.5 Å². The minimum Gasteiger partial charge on any atom is -0.463 e. The second kappa shape index (κ2) is 13.6. The molecule has 1 atom stereocenters. The van der Waals surface area contributed by atoms with Gasteiger partial charge < -0.3 is 28.7 Å². The van der Waals surface area contributed by atoms with Crippen molar-refractivity contribution in [2.75, 3.05) is 55.7 Å². The molecule has 2 aliphatic heterocycles. The summed E-state index contributed by atoms with van der Waals surface area (Å²) in [4.78, 5) is 32.5. The maximum atomic E-state index is 12.6. The number of ether oxygens (including phenoxy) is 1. The molecule has 2 aliphatic rings. The first-order chi connectivity index (χ1) is 21.5. The van der Waals surface area contributed by atoms with Crippen molar-refractivity contribution in [1.82, 2.24) is 14.9 Å². The number of hydrogen-bond acceptors (Lipinski definition) is 7. The Balaban J connectivity index is 1.40. The Kier molecular flexibility index (Phi) is 9.80. The van der Waals surface area contributed by atoms with Crippen molar-refractivity contribution in [3.8, 4) is 6.01 Å². The molecule has 1 fully saturated rings. The molecule has 45 heavy (non-hydrogen) atoms. The number of amides is 1. The van der Waals surface area contributed by atoms with Gasteiger partial charge in [0.25, 0.3) is 0 Å². The fourth-order valence-corrected chi connectivity index (χ4v) is 6.97. The lowest BCUT2D eigenvalue weighted by Gasteiger charge is -2.41. The molecule has 3 aromatic rings. The number of aromatic nitrogens is 2. The maximum absolute atomic E-state index is 12.6. The van der Waals surface area contributed by atoms with E-state index >= 15 is 0 Å². The zero-order valence-electron chi connectivity index (χ0n) is 27.4. The van der Waals surface area contributed by atoms with Gasteiger partial charge in [0.1, 0.15) is 11.9 Å². The highest BCUT2D eigenvalue weighted by atomic mass is 28.4. The van der Waals surface area contributed by atoms with E-state index in [1.54, 1.807) is 4.90 Å². The van der Waals surface area contributed by atoms with Crippen LogP contribution in [0.25, 0.3) is 15.6 Å². The first kappa shape index (κ1) is 32.5. The van der Waals surface area contributed by atoms with Crippen molar-refractivity contribution in [3.05, 3.63) is 77.8 Å². The number of fused-ring (bicyclic) bond motifs is 2. The van der Waals surface area contributed by atoms with Crippen molar-refractivity contribution in [2.45, 2.75) is 64.3 Å². The van der Waals surface area contributed by atoms with Crippen LogP contribution in [0.5, 0.6) is 6.01 Å². The zero-order valence-corrected chi connectivity index (χ0v) is 28.4. The van der Waals surface area contributed by atoms with Crippen LogP contribution >= 0.6 is 0 Å². The summed E-state index contributed by atoms with van der Waals surface area (Å²) < 4.78 is 12.6. The molecular weight excluding hydrogens is 581 g/mol. The molecule has 0 N–H and O–H groups in total. The molecule has 1 aromatic heterocycles. The summed E-state index contributed by atoms with van der Waals surface area (Å²) in [6, 6.07) is 15.0. The Morgan fingerprint density at radius 3 is 2.62 bits per heavy atom. The van der Waals surface area contributed by atoms with E-state index in [2.05, 4.69) is 97.6 Å². The van der Waals surface area contributed by atoms with Gasteiger partial charge in [-0.05, 0) is 42.1 Å². The van der Waals surface area contributed by atoms with Gasteiger partial charge in [-0.15, -0.1) is 0 Å². The normalized spacial score (nSPS) is 17.2. The molecule has 9 nitrogen and oxygen atoms in total. The molecule has 0 saturated carbocycles. The topological polar surface area (TPSA) is 75.4 Å². The third kappa shape index (κ3) is 7.15. The van der Waals surface area contributed by atoms with Crippen LogP contribution in [0.4, 0.5) is 11.5 Å². The van der Waals surface area contributed by atoms with E-state index in [9.17, 15) is 4.79 Å². The largest absolute Gasteiger partial charge is 0.463 e. The summed E-state index contributed by atoms with van der Waals surface area (Å²) in [7, 11) is -1.83. The van der Waals surface area contributed by atoms with Crippen molar-refractivity contribution < 1.29 is 14.0 Å². The lowest BCUT2D eigenvalue weighted by atomic mass is 10.0. The van der Waals surface area contributed by atoms with E-state index in [0.29, 0.717) is 45.4 Å². The summed E-state index contributed by atoms with van der Waals surface area (Å²) in [6.07, 6.45) is 2.87. The van der Waals surface area contributed by atoms with E-state index in [4.69, 9.17) is 25.7 Å². The monoisotopic (exact) mass is 626 g/mol. The Labute approximate surface area is 268 Å². The standard InChI is InChI=1S/C35H46N6O3Si/c1-8-32(42)41-20-19-40(24-27(41)23-36-5)33-29-17-18-39(31-16-11-14-26-13-9-10-15-28(26)31)25-30(29)37-34(38-33)43-21-12-22-44-45(6,7)35(2,3)4/h8-11,13-16,27H,1,12,17-25H2,2-4,6-7H3. The molecule has 3 heterocycles. The van der Waals surface area contributed by atoms with E-state index in [0.717, 1.165) is 36.5 Å². The zero-order chi connectivity index (χ0) is 32.2. The fourth-order valence-electron chi connectivity index (χ4n) is 5.89. The van der Waals surface area contributed by atoms with Crippen LogP contribution in [-0.2, 0) is 22.2 Å². The number of hydrogen-bond donors (Lipinski definition) is 0. The molecule has 238 valence electrons. The highest BCUT2D eigenvalue weighted by molar-refractivity contribution is 6.74. The Morgan fingerprint density at radius 1 is 1.09 bits per heavy atom. The molecular formula is C35H46N6O3Si. The van der Waals surface area contributed by atoms with Crippen molar-refractivity contribution in [1.29, 1.82) is 0 Å². The molecule has 10 heteroatoms. The van der Waals surface area contributed by atoms with Crippen LogP contribution in [0.1, 0.15) is 38.4 Å². The fraction of sp³-hybridized carbons (Fsp3) is 0.486. The van der Waals surface area contributed by atoms with Gasteiger partial charge in [0, 0.05) is 55.8 Å². The lowest BCUT2D eigenvalue weighted by molar-refractivity contribution is -0.128. The number of piperazine rings is 1. The molecule has 1 unspecified atom stereocenters. The lowest BCUT2D eigenvalue weighted by Crippen LogP contribution is -2.56. The third-order valence-electron chi connectivity index (χ3n) is 9.46. The van der Waals surface area contributed by atoms with Gasteiger partial charge in [0.05, 0.1) is 18.8 Å². The highest BCUT2D eigenvalue weighted by Crippen LogP contribution is 2.37. The molecule has 5 rings (SSSR count). The number of rotatable bonds is 10. The smallest absolute Gasteiger partial charge is 0.318 e. The van der Waals surface area contributed by atoms with E-state index in [-0.39, 0.29) is 23.5 Å². The van der Waals surface area contributed by atoms with Crippen LogP contribution in [0.2, 0.25) is 18.1 Å². The maximum Gasteiger partial charge on any atom is 0.318 e. The van der Waals surface area contributed by atoms with E-state index in [1.165, 1.54) is 22.5 Å². The van der Waals surface area contributed by atoms with Gasteiger partial charge in [-0.25, -0.2) is 6.57 Å². The van der Waals surface area contributed by atoms with Crippen molar-refractivity contribution in [2.24, 2.45) is 0 Å². The number of nitrogens with zero attached hydrogens (tertiary/aromatic N) is 6. The molecule has 0 radical (unpaired) electrons. The van der Waals surface area contributed by atoms with Gasteiger partial charge >= 0.3 is 6.01 Å². The van der Waals surface area contributed by atoms with Gasteiger partial charge in [0.2, 0.25) is 12.5 Å². The second-order valence-corrected chi connectivity index (χ2v) is 18.2. The molecule has 2 aromatic carbocycles. The van der Waals surface area contributed by atoms with Gasteiger partial charge in [-0.2, -0.15) is 9.97 Å². The van der Waals surface area contributed by atoms with Crippen molar-refractivity contribution >= 4 is 36.5 Å². The average molecular weight is 627 g/mol. The van der Waals surface area contributed by atoms with Gasteiger partial charge in [-0.3, -0.25) is 4.79 Å². The first-order valence-corrected chi connectivity index (χ1v) is 18.8. The minimum absolute atomic E-state index is 0.136. The molecule has 1 amide bonds. The number of carbonyl (C=O) groups is 1. The Bertz CT molecular complexity index is 1570. The SMILES string of the molecule is [C-]#[N+]CC1CN(c2nc(OCCCO[Si](C)(C)C(C)(C)C)nc3c2CCN(c2cccc4ccccc24)C3)CCN1C(=O)C=C. The van der Waals surface area contributed by atoms with Gasteiger partial charge in [-0.1, -0.05) is 63.7 Å². The molecule has 0 bridgehead atoms. The van der Waals surface area contributed by atoms with E-state index in [1.807, 2.05) is 0 Å². The summed E-state index contributed by atoms with van der Waals surface area (Å²) in [6.45, 7) is 26.9. The Morgan fingerprint density at radius 2 is 1.87 bits per heavy atom. The minimum atomic E-state index is -1.83. The highest BCUT2D eigenvalue weighted by Gasteiger charge is 2.37. The number of anilines is 2. The van der Waals surface area contributed by atoms with Crippen LogP contribution in [0.15, 0.2) is 55.1 Å². The summed E-state index contributed by atoms with van der Waals surface area (Å²) in [5.74, 6) is 0.716. The quantitative estimate of drug-likeness (QED) is 0.116. The van der Waals surface area contributed by atoms with Gasteiger partial charge in [0.15, 0.2) is 8.32 Å². The number of carbonyl (C=O) groups excluding carboxylic acids is 1. The third-order valence-corrected chi connectivity index (χ3v) is 14.0. The van der Waals surface area contributed by atoms with E-state index < -0.39 is 8.32 Å².